The summed E-state index contributed by atoms with van der Waals surface area (Å²) >= 11 is 0. The van der Waals surface area contributed by atoms with E-state index in [4.69, 9.17) is 4.74 Å². The molecule has 0 N–H and O–H groups in total. The smallest absolute Gasteiger partial charge is 0.302 e. The average molecular weight is 282 g/mol. The summed E-state index contributed by atoms with van der Waals surface area (Å²) in [4.78, 5) is 21.9. The fourth-order valence-electron chi connectivity index (χ4n) is 2.01. The maximum absolute atomic E-state index is 11.4. The maximum Gasteiger partial charge on any atom is 0.302 e. The molecule has 0 aromatic heterocycles. The van der Waals surface area contributed by atoms with Crippen molar-refractivity contribution in [1.82, 2.24) is 0 Å². The van der Waals surface area contributed by atoms with Gasteiger partial charge in [-0.25, -0.2) is 0 Å². The van der Waals surface area contributed by atoms with Gasteiger partial charge in [0, 0.05) is 13.3 Å². The predicted octanol–water partition coefficient (Wildman–Crippen LogP) is 4.60. The minimum atomic E-state index is -0.187. The van der Waals surface area contributed by atoms with E-state index in [9.17, 15) is 9.59 Å². The highest BCUT2D eigenvalue weighted by atomic mass is 16.5. The van der Waals surface area contributed by atoms with E-state index in [1.54, 1.807) is 6.08 Å². The predicted molar refractivity (Wildman–Crippen MR) is 82.6 cm³/mol. The number of ether oxygens (including phenoxy) is 1. The molecule has 0 radical (unpaired) electrons. The van der Waals surface area contributed by atoms with Crippen molar-refractivity contribution in [2.24, 2.45) is 0 Å². The molecule has 3 nitrogen and oxygen atoms in total. The van der Waals surface area contributed by atoms with Crippen molar-refractivity contribution >= 4 is 11.8 Å². The third-order valence-electron chi connectivity index (χ3n) is 3.16. The SMILES string of the molecule is CCC=CC(=O)CCCCCCCCCCOC(C)=O. The second kappa shape index (κ2) is 14.3. The summed E-state index contributed by atoms with van der Waals surface area (Å²) in [5.41, 5.74) is 0. The summed E-state index contributed by atoms with van der Waals surface area (Å²) in [5, 5.41) is 0. The van der Waals surface area contributed by atoms with Crippen LogP contribution in [0.15, 0.2) is 12.2 Å². The van der Waals surface area contributed by atoms with Crippen LogP contribution >= 0.6 is 0 Å². The van der Waals surface area contributed by atoms with E-state index in [1.807, 2.05) is 13.0 Å². The van der Waals surface area contributed by atoms with Crippen molar-refractivity contribution in [3.63, 3.8) is 0 Å². The molecule has 3 heteroatoms. The van der Waals surface area contributed by atoms with Gasteiger partial charge < -0.3 is 4.74 Å². The molecule has 0 aliphatic rings. The van der Waals surface area contributed by atoms with Crippen LogP contribution in [0.25, 0.3) is 0 Å². The fourth-order valence-corrected chi connectivity index (χ4v) is 2.01. The van der Waals surface area contributed by atoms with E-state index in [0.29, 0.717) is 13.0 Å². The molecule has 0 saturated carbocycles. The molecule has 0 unspecified atom stereocenters. The summed E-state index contributed by atoms with van der Waals surface area (Å²) in [7, 11) is 0. The molecule has 0 aliphatic heterocycles. The number of carbonyl (C=O) groups excluding carboxylic acids is 2. The largest absolute Gasteiger partial charge is 0.466 e. The highest BCUT2D eigenvalue weighted by Crippen LogP contribution is 2.10. The lowest BCUT2D eigenvalue weighted by Gasteiger charge is -2.02. The maximum atomic E-state index is 11.4. The first kappa shape index (κ1) is 18.9. The van der Waals surface area contributed by atoms with Gasteiger partial charge in [-0.1, -0.05) is 51.5 Å². The van der Waals surface area contributed by atoms with Crippen molar-refractivity contribution in [2.75, 3.05) is 6.61 Å². The van der Waals surface area contributed by atoms with Crippen LogP contribution in [-0.2, 0) is 14.3 Å². The first-order valence-corrected chi connectivity index (χ1v) is 7.99. The number of unbranched alkanes of at least 4 members (excludes halogenated alkanes) is 7. The van der Waals surface area contributed by atoms with Crippen LogP contribution in [0.1, 0.15) is 78.1 Å². The molecule has 0 rings (SSSR count). The van der Waals surface area contributed by atoms with Crippen molar-refractivity contribution in [3.05, 3.63) is 12.2 Å². The van der Waals surface area contributed by atoms with Crippen molar-refractivity contribution in [3.8, 4) is 0 Å². The number of rotatable bonds is 13. The zero-order valence-electron chi connectivity index (χ0n) is 13.2. The lowest BCUT2D eigenvalue weighted by molar-refractivity contribution is -0.141. The van der Waals surface area contributed by atoms with Crippen molar-refractivity contribution in [1.29, 1.82) is 0 Å². The third-order valence-corrected chi connectivity index (χ3v) is 3.16. The van der Waals surface area contributed by atoms with Crippen LogP contribution in [-0.4, -0.2) is 18.4 Å². The van der Waals surface area contributed by atoms with E-state index in [1.165, 1.54) is 32.6 Å². The quantitative estimate of drug-likeness (QED) is 0.282. The van der Waals surface area contributed by atoms with E-state index in [0.717, 1.165) is 32.1 Å². The number of esters is 1. The number of hydrogen-bond donors (Lipinski definition) is 0. The molecule has 0 bridgehead atoms. The average Bonchev–Trinajstić information content (AvgIpc) is 2.42. The summed E-state index contributed by atoms with van der Waals surface area (Å²) in [5.74, 6) is 0.0747. The Hall–Kier alpha value is -1.12. The van der Waals surface area contributed by atoms with Gasteiger partial charge in [0.15, 0.2) is 5.78 Å². The van der Waals surface area contributed by atoms with Gasteiger partial charge in [0.25, 0.3) is 0 Å². The molecular weight excluding hydrogens is 252 g/mol. The van der Waals surface area contributed by atoms with Gasteiger partial charge in [-0.15, -0.1) is 0 Å². The van der Waals surface area contributed by atoms with E-state index in [-0.39, 0.29) is 11.8 Å². The highest BCUT2D eigenvalue weighted by molar-refractivity contribution is 5.89. The zero-order valence-corrected chi connectivity index (χ0v) is 13.2. The molecule has 116 valence electrons. The lowest BCUT2D eigenvalue weighted by atomic mass is 10.1. The molecule has 0 aromatic rings. The van der Waals surface area contributed by atoms with Crippen LogP contribution in [0, 0.1) is 0 Å². The van der Waals surface area contributed by atoms with Gasteiger partial charge in [0.2, 0.25) is 0 Å². The molecule has 0 aliphatic carbocycles. The summed E-state index contributed by atoms with van der Waals surface area (Å²) in [6, 6.07) is 0. The Morgan fingerprint density at radius 3 is 2.00 bits per heavy atom. The summed E-state index contributed by atoms with van der Waals surface area (Å²) < 4.78 is 4.88. The monoisotopic (exact) mass is 282 g/mol. The number of allylic oxidation sites excluding steroid dienone is 2. The molecule has 0 spiro atoms. The Kier molecular flexibility index (Phi) is 13.5. The van der Waals surface area contributed by atoms with E-state index >= 15 is 0 Å². The molecule has 0 atom stereocenters. The van der Waals surface area contributed by atoms with Gasteiger partial charge in [-0.05, 0) is 25.3 Å². The van der Waals surface area contributed by atoms with Gasteiger partial charge in [-0.2, -0.15) is 0 Å². The van der Waals surface area contributed by atoms with Crippen molar-refractivity contribution < 1.29 is 14.3 Å². The Morgan fingerprint density at radius 1 is 0.900 bits per heavy atom. The molecule has 0 aromatic carbocycles. The van der Waals surface area contributed by atoms with Gasteiger partial charge in [0.05, 0.1) is 6.61 Å². The zero-order chi connectivity index (χ0) is 15.1. The van der Waals surface area contributed by atoms with Gasteiger partial charge in [0.1, 0.15) is 0 Å². The Labute approximate surface area is 123 Å². The van der Waals surface area contributed by atoms with Gasteiger partial charge in [-0.3, -0.25) is 9.59 Å². The van der Waals surface area contributed by atoms with Crippen molar-refractivity contribution in [2.45, 2.75) is 78.1 Å². The molecule has 0 fully saturated rings. The van der Waals surface area contributed by atoms with Crippen LogP contribution in [0.5, 0.6) is 0 Å². The van der Waals surface area contributed by atoms with E-state index < -0.39 is 0 Å². The minimum Gasteiger partial charge on any atom is -0.466 e. The highest BCUT2D eigenvalue weighted by Gasteiger charge is 1.97. The number of hydrogen-bond acceptors (Lipinski definition) is 3. The topological polar surface area (TPSA) is 43.4 Å². The van der Waals surface area contributed by atoms with Crippen LogP contribution in [0.4, 0.5) is 0 Å². The van der Waals surface area contributed by atoms with Crippen LogP contribution in [0.3, 0.4) is 0 Å². The number of ketones is 1. The number of carbonyl (C=O) groups is 2. The molecule has 20 heavy (non-hydrogen) atoms. The second-order valence-corrected chi connectivity index (χ2v) is 5.20. The molecule has 0 heterocycles. The standard InChI is InChI=1S/C17H30O3/c1-3-4-13-17(19)14-11-9-7-5-6-8-10-12-15-20-16(2)18/h4,13H,3,5-12,14-15H2,1-2H3. The molecule has 0 amide bonds. The summed E-state index contributed by atoms with van der Waals surface area (Å²) in [6.07, 6.45) is 14.4. The molecule has 0 saturated heterocycles. The van der Waals surface area contributed by atoms with Crippen LogP contribution < -0.4 is 0 Å². The normalized spacial score (nSPS) is 10.9. The van der Waals surface area contributed by atoms with Crippen LogP contribution in [0.2, 0.25) is 0 Å². The lowest BCUT2D eigenvalue weighted by Crippen LogP contribution is -2.00. The minimum absolute atomic E-state index is 0.187. The Balaban J connectivity index is 3.15. The first-order chi connectivity index (χ1) is 9.66. The third kappa shape index (κ3) is 14.9. The Morgan fingerprint density at radius 2 is 1.45 bits per heavy atom. The summed E-state index contributed by atoms with van der Waals surface area (Å²) in [6.45, 7) is 4.04. The molecular formula is C17H30O3. The Bertz CT molecular complexity index is 282. The fraction of sp³-hybridized carbons (Fsp3) is 0.765. The van der Waals surface area contributed by atoms with Gasteiger partial charge >= 0.3 is 5.97 Å². The second-order valence-electron chi connectivity index (χ2n) is 5.20. The first-order valence-electron chi connectivity index (χ1n) is 7.99. The van der Waals surface area contributed by atoms with E-state index in [2.05, 4.69) is 0 Å².